The van der Waals surface area contributed by atoms with Crippen molar-refractivity contribution in [1.29, 1.82) is 0 Å². The fourth-order valence-electron chi connectivity index (χ4n) is 5.53. The van der Waals surface area contributed by atoms with Crippen molar-refractivity contribution in [3.8, 4) is 0 Å². The van der Waals surface area contributed by atoms with Crippen LogP contribution in [-0.4, -0.2) is 30.6 Å². The van der Waals surface area contributed by atoms with Gasteiger partial charge in [-0.25, -0.2) is 14.8 Å². The maximum Gasteiger partial charge on any atom is 0.330 e. The minimum atomic E-state index is -0.0246. The average molecular weight is 503 g/mol. The van der Waals surface area contributed by atoms with Crippen LogP contribution in [0.2, 0.25) is 0 Å². The Hall–Kier alpha value is -3.42. The molecule has 1 unspecified atom stereocenters. The molecule has 0 spiro atoms. The number of aromatic nitrogens is 4. The van der Waals surface area contributed by atoms with Gasteiger partial charge in [-0.1, -0.05) is 52.8 Å². The molecule has 1 N–H and O–H groups in total. The van der Waals surface area contributed by atoms with E-state index in [1.165, 1.54) is 5.57 Å². The lowest BCUT2D eigenvalue weighted by Crippen LogP contribution is -2.48. The predicted molar refractivity (Wildman–Crippen MR) is 145 cm³/mol. The minimum absolute atomic E-state index is 0.00505. The van der Waals surface area contributed by atoms with E-state index < -0.39 is 0 Å². The number of benzene rings is 1. The number of carbonyl (C=O) groups excluding carboxylic acids is 1. The number of amides is 1. The first-order valence-electron chi connectivity index (χ1n) is 13.2. The van der Waals surface area contributed by atoms with Crippen LogP contribution in [0.1, 0.15) is 60.3 Å². The van der Waals surface area contributed by atoms with Crippen LogP contribution in [0.25, 0.3) is 17.1 Å². The third-order valence-electron chi connectivity index (χ3n) is 7.77. The first-order chi connectivity index (χ1) is 17.4. The molecule has 0 bridgehead atoms. The van der Waals surface area contributed by atoms with E-state index in [0.29, 0.717) is 13.0 Å². The van der Waals surface area contributed by atoms with Crippen molar-refractivity contribution in [3.63, 3.8) is 0 Å². The van der Waals surface area contributed by atoms with E-state index in [4.69, 9.17) is 4.99 Å². The summed E-state index contributed by atoms with van der Waals surface area (Å²) in [5.74, 6) is -0.0106. The molecule has 5 rings (SSSR count). The summed E-state index contributed by atoms with van der Waals surface area (Å²) < 4.78 is 5.42. The summed E-state index contributed by atoms with van der Waals surface area (Å²) in [6.45, 7) is 11.8. The molecular formula is C29H38N6O2. The van der Waals surface area contributed by atoms with Crippen molar-refractivity contribution in [2.45, 2.75) is 79.4 Å². The molecule has 196 valence electrons. The molecule has 1 aromatic carbocycles. The van der Waals surface area contributed by atoms with Crippen LogP contribution in [0, 0.1) is 10.8 Å². The molecular weight excluding hydrogens is 464 g/mol. The lowest BCUT2D eigenvalue weighted by atomic mass is 9.71. The van der Waals surface area contributed by atoms with Crippen molar-refractivity contribution >= 4 is 23.0 Å². The second kappa shape index (κ2) is 9.15. The molecule has 0 saturated heterocycles. The molecule has 37 heavy (non-hydrogen) atoms. The number of carbonyl (C=O) groups is 1. The highest BCUT2D eigenvalue weighted by Crippen LogP contribution is 2.40. The molecule has 8 heteroatoms. The molecule has 1 atom stereocenters. The Morgan fingerprint density at radius 2 is 1.97 bits per heavy atom. The van der Waals surface area contributed by atoms with Gasteiger partial charge in [-0.05, 0) is 47.8 Å². The van der Waals surface area contributed by atoms with E-state index in [9.17, 15) is 9.59 Å². The number of fused-ring (bicyclic) bond motifs is 2. The fourth-order valence-corrected chi connectivity index (χ4v) is 5.53. The van der Waals surface area contributed by atoms with Gasteiger partial charge in [0.1, 0.15) is 6.54 Å². The van der Waals surface area contributed by atoms with Crippen LogP contribution in [0.4, 0.5) is 0 Å². The molecule has 1 aliphatic carbocycles. The van der Waals surface area contributed by atoms with Gasteiger partial charge >= 0.3 is 5.69 Å². The summed E-state index contributed by atoms with van der Waals surface area (Å²) in [6.07, 6.45) is 7.27. The topological polar surface area (TPSA) is 86.2 Å². The van der Waals surface area contributed by atoms with Gasteiger partial charge in [-0.3, -0.25) is 13.9 Å². The van der Waals surface area contributed by atoms with Gasteiger partial charge in [0, 0.05) is 31.8 Å². The zero-order chi connectivity index (χ0) is 26.5. The van der Waals surface area contributed by atoms with Crippen molar-refractivity contribution in [3.05, 3.63) is 63.2 Å². The summed E-state index contributed by atoms with van der Waals surface area (Å²) >= 11 is 0. The van der Waals surface area contributed by atoms with Crippen LogP contribution in [0.15, 0.2) is 51.6 Å². The Kier molecular flexibility index (Phi) is 6.24. The van der Waals surface area contributed by atoms with Gasteiger partial charge in [-0.15, -0.1) is 0 Å². The fraction of sp³-hybridized carbons (Fsp3) is 0.517. The zero-order valence-electron chi connectivity index (χ0n) is 22.8. The Balaban J connectivity index is 1.39. The highest BCUT2D eigenvalue weighted by atomic mass is 16.2. The number of allylic oxidation sites excluding steroid dienone is 1. The molecule has 2 aliphatic rings. The van der Waals surface area contributed by atoms with E-state index in [2.05, 4.69) is 51.0 Å². The van der Waals surface area contributed by atoms with Gasteiger partial charge < -0.3 is 9.88 Å². The molecule has 3 aromatic rings. The van der Waals surface area contributed by atoms with E-state index >= 15 is 0 Å². The maximum atomic E-state index is 13.1. The molecule has 2 aromatic heterocycles. The first kappa shape index (κ1) is 25.2. The normalized spacial score (nSPS) is 21.3. The van der Waals surface area contributed by atoms with Crippen LogP contribution in [0.5, 0.6) is 0 Å². The summed E-state index contributed by atoms with van der Waals surface area (Å²) in [7, 11) is 1.80. The standard InChI is InChI=1S/C29H38N6O2/c1-28(2,3)17-35-23-12-11-20(31-26(23)33(6)27(35)37)19-13-14-29(4,5)24(15-19)32-25(36)16-34-18-30-21-9-7-8-10-22(21)34/h7-10,12,18,24H,11,13-17H2,1-6H3,(H,32,36)/b20-19+. The summed E-state index contributed by atoms with van der Waals surface area (Å²) in [5, 5.41) is 4.23. The van der Waals surface area contributed by atoms with Crippen molar-refractivity contribution < 1.29 is 4.79 Å². The van der Waals surface area contributed by atoms with Gasteiger partial charge in [-0.2, -0.15) is 0 Å². The van der Waals surface area contributed by atoms with Gasteiger partial charge in [0.2, 0.25) is 5.91 Å². The van der Waals surface area contributed by atoms with Gasteiger partial charge in [0.05, 0.1) is 22.7 Å². The van der Waals surface area contributed by atoms with Crippen molar-refractivity contribution in [2.75, 3.05) is 0 Å². The largest absolute Gasteiger partial charge is 0.351 e. The highest BCUT2D eigenvalue weighted by Gasteiger charge is 2.36. The monoisotopic (exact) mass is 502 g/mol. The number of hydrogen-bond acceptors (Lipinski definition) is 4. The number of para-hydroxylation sites is 2. The Bertz CT molecular complexity index is 1570. The van der Waals surface area contributed by atoms with Crippen LogP contribution < -0.4 is 21.8 Å². The second-order valence-corrected chi connectivity index (χ2v) is 12.4. The second-order valence-electron chi connectivity index (χ2n) is 12.4. The Morgan fingerprint density at radius 3 is 2.73 bits per heavy atom. The van der Waals surface area contributed by atoms with Gasteiger partial charge in [0.15, 0.2) is 5.49 Å². The number of hydrogen-bond donors (Lipinski definition) is 1. The smallest absolute Gasteiger partial charge is 0.330 e. The molecule has 1 aliphatic heterocycles. The number of rotatable bonds is 4. The van der Waals surface area contributed by atoms with Crippen molar-refractivity contribution in [2.24, 2.45) is 22.9 Å². The molecule has 8 nitrogen and oxygen atoms in total. The van der Waals surface area contributed by atoms with E-state index in [1.807, 2.05) is 33.4 Å². The summed E-state index contributed by atoms with van der Waals surface area (Å²) in [5.41, 5.74) is 4.84. The van der Waals surface area contributed by atoms with Gasteiger partial charge in [0.25, 0.3) is 0 Å². The number of nitrogens with one attached hydrogen (secondary N) is 1. The molecule has 0 radical (unpaired) electrons. The lowest BCUT2D eigenvalue weighted by molar-refractivity contribution is -0.123. The third kappa shape index (κ3) is 4.93. The average Bonchev–Trinajstić information content (AvgIpc) is 3.34. The van der Waals surface area contributed by atoms with Crippen molar-refractivity contribution in [1.82, 2.24) is 24.0 Å². The molecule has 3 heterocycles. The highest BCUT2D eigenvalue weighted by molar-refractivity contribution is 5.80. The van der Waals surface area contributed by atoms with Crippen LogP contribution >= 0.6 is 0 Å². The van der Waals surface area contributed by atoms with E-state index in [0.717, 1.165) is 46.8 Å². The molecule has 1 fully saturated rings. The quantitative estimate of drug-likeness (QED) is 0.595. The first-order valence-corrected chi connectivity index (χ1v) is 13.2. The maximum absolute atomic E-state index is 13.1. The van der Waals surface area contributed by atoms with Crippen LogP contribution in [-0.2, 0) is 24.9 Å². The number of nitrogens with zero attached hydrogens (tertiary/aromatic N) is 5. The van der Waals surface area contributed by atoms with E-state index in [1.54, 1.807) is 17.9 Å². The lowest BCUT2D eigenvalue weighted by Gasteiger charge is -2.40. The predicted octanol–water partition coefficient (Wildman–Crippen LogP) is 3.04. The van der Waals surface area contributed by atoms with E-state index in [-0.39, 0.29) is 35.0 Å². The minimum Gasteiger partial charge on any atom is -0.351 e. The molecule has 1 amide bonds. The molecule has 1 saturated carbocycles. The Labute approximate surface area is 217 Å². The zero-order valence-corrected chi connectivity index (χ0v) is 22.8. The summed E-state index contributed by atoms with van der Waals surface area (Å²) in [4.78, 5) is 35.5. The SMILES string of the molecule is Cn1c2c(n(CC(C)(C)C)c1=O)=CC/C(=C1/CCC(C)(C)C(NC(=O)Cn3cnc4ccccc43)C1)N=2. The van der Waals surface area contributed by atoms with Crippen LogP contribution in [0.3, 0.4) is 0 Å². The number of imidazole rings is 2. The summed E-state index contributed by atoms with van der Waals surface area (Å²) in [6, 6.07) is 7.87. The Morgan fingerprint density at radius 1 is 1.22 bits per heavy atom. The third-order valence-corrected chi connectivity index (χ3v) is 7.77.